The molecular formula is C19H17ClF3N7. The average Bonchev–Trinajstić information content (AvgIpc) is 3.22. The Labute approximate surface area is 174 Å². The number of aromatic nitrogens is 6. The molecule has 3 heterocycles. The fourth-order valence-electron chi connectivity index (χ4n) is 3.36. The molecule has 0 radical (unpaired) electrons. The zero-order valence-corrected chi connectivity index (χ0v) is 16.8. The van der Waals surface area contributed by atoms with E-state index in [0.29, 0.717) is 29.7 Å². The molecule has 0 saturated carbocycles. The second-order valence-corrected chi connectivity index (χ2v) is 7.15. The Hall–Kier alpha value is -3.14. The summed E-state index contributed by atoms with van der Waals surface area (Å²) in [4.78, 5) is 16.1. The van der Waals surface area contributed by atoms with Gasteiger partial charge in [0.2, 0.25) is 11.2 Å². The van der Waals surface area contributed by atoms with E-state index in [2.05, 4.69) is 19.9 Å². The zero-order valence-electron chi connectivity index (χ0n) is 16.1. The van der Waals surface area contributed by atoms with E-state index in [1.165, 1.54) is 10.8 Å². The summed E-state index contributed by atoms with van der Waals surface area (Å²) < 4.78 is 42.2. The topological polar surface area (TPSA) is 87.4 Å². The minimum atomic E-state index is -4.49. The minimum absolute atomic E-state index is 0.0866. The van der Waals surface area contributed by atoms with Crippen molar-refractivity contribution in [2.24, 2.45) is 7.05 Å². The number of hydrogen-bond donors (Lipinski definition) is 1. The van der Waals surface area contributed by atoms with Crippen LogP contribution in [0.5, 0.6) is 0 Å². The van der Waals surface area contributed by atoms with E-state index in [9.17, 15) is 13.2 Å². The Kier molecular flexibility index (Phi) is 4.89. The van der Waals surface area contributed by atoms with Crippen LogP contribution < -0.4 is 5.73 Å². The normalized spacial score (nSPS) is 12.1. The van der Waals surface area contributed by atoms with E-state index in [-0.39, 0.29) is 17.1 Å². The van der Waals surface area contributed by atoms with Gasteiger partial charge in [-0.3, -0.25) is 4.57 Å². The number of aryl methyl sites for hydroxylation is 2. The second kappa shape index (κ2) is 7.28. The molecule has 0 fully saturated rings. The van der Waals surface area contributed by atoms with Gasteiger partial charge in [0.15, 0.2) is 11.3 Å². The third-order valence-corrected chi connectivity index (χ3v) is 4.97. The van der Waals surface area contributed by atoms with E-state index >= 15 is 0 Å². The number of rotatable bonds is 4. The van der Waals surface area contributed by atoms with Gasteiger partial charge in [0.1, 0.15) is 11.3 Å². The molecule has 0 aliphatic heterocycles. The lowest BCUT2D eigenvalue weighted by atomic mass is 10.0. The number of alkyl halides is 3. The smallest absolute Gasteiger partial charge is 0.369 e. The molecule has 3 aromatic heterocycles. The molecule has 0 amide bonds. The predicted octanol–water partition coefficient (Wildman–Crippen LogP) is 4.09. The molecule has 30 heavy (non-hydrogen) atoms. The summed E-state index contributed by atoms with van der Waals surface area (Å²) in [5.74, 6) is 0.528. The van der Waals surface area contributed by atoms with Gasteiger partial charge in [-0.15, -0.1) is 0 Å². The van der Waals surface area contributed by atoms with Gasteiger partial charge in [0.05, 0.1) is 12.7 Å². The van der Waals surface area contributed by atoms with Crippen LogP contribution in [0.25, 0.3) is 22.6 Å². The summed E-state index contributed by atoms with van der Waals surface area (Å²) in [6.07, 6.45) is -1.39. The lowest BCUT2D eigenvalue weighted by Crippen LogP contribution is -2.06. The highest BCUT2D eigenvalue weighted by molar-refractivity contribution is 6.28. The van der Waals surface area contributed by atoms with Crippen molar-refractivity contribution in [3.8, 4) is 11.4 Å². The van der Waals surface area contributed by atoms with Crippen molar-refractivity contribution >= 4 is 28.7 Å². The van der Waals surface area contributed by atoms with Crippen molar-refractivity contribution in [1.29, 1.82) is 0 Å². The summed E-state index contributed by atoms with van der Waals surface area (Å²) in [5, 5.41) is 0.0866. The van der Waals surface area contributed by atoms with Gasteiger partial charge in [-0.2, -0.15) is 18.2 Å². The van der Waals surface area contributed by atoms with Crippen molar-refractivity contribution in [3.05, 3.63) is 52.7 Å². The molecule has 7 nitrogen and oxygen atoms in total. The fraction of sp³-hybridized carbons (Fsp3) is 0.263. The number of anilines is 1. The number of benzene rings is 1. The highest BCUT2D eigenvalue weighted by atomic mass is 35.5. The van der Waals surface area contributed by atoms with Gasteiger partial charge >= 0.3 is 6.18 Å². The first-order valence-electron chi connectivity index (χ1n) is 9.04. The number of fused-ring (bicyclic) bond motifs is 1. The van der Waals surface area contributed by atoms with Crippen molar-refractivity contribution in [2.45, 2.75) is 26.1 Å². The number of hydrogen-bond acceptors (Lipinski definition) is 5. The molecule has 11 heteroatoms. The maximum absolute atomic E-state index is 13.0. The van der Waals surface area contributed by atoms with Gasteiger partial charge in [-0.1, -0.05) is 25.1 Å². The van der Waals surface area contributed by atoms with E-state index < -0.39 is 11.9 Å². The average molecular weight is 436 g/mol. The maximum Gasteiger partial charge on any atom is 0.434 e. The molecule has 4 rings (SSSR count). The Morgan fingerprint density at radius 2 is 1.93 bits per heavy atom. The maximum atomic E-state index is 13.0. The molecule has 0 aliphatic carbocycles. The third-order valence-electron chi connectivity index (χ3n) is 4.79. The molecule has 0 aliphatic rings. The lowest BCUT2D eigenvalue weighted by Gasteiger charge is -2.12. The largest absolute Gasteiger partial charge is 0.434 e. The van der Waals surface area contributed by atoms with Crippen LogP contribution in [0.1, 0.15) is 23.7 Å². The number of nitrogens with zero attached hydrogens (tertiary/aromatic N) is 6. The molecule has 2 N–H and O–H groups in total. The molecular weight excluding hydrogens is 419 g/mol. The van der Waals surface area contributed by atoms with Gasteiger partial charge in [-0.25, -0.2) is 15.0 Å². The van der Waals surface area contributed by atoms with Crippen LogP contribution in [0.4, 0.5) is 19.1 Å². The van der Waals surface area contributed by atoms with E-state index in [1.807, 2.05) is 19.1 Å². The number of nitrogen functional groups attached to an aromatic ring is 1. The summed E-state index contributed by atoms with van der Waals surface area (Å²) >= 11 is 5.89. The molecule has 0 saturated heterocycles. The van der Waals surface area contributed by atoms with Crippen LogP contribution in [0.2, 0.25) is 5.28 Å². The minimum Gasteiger partial charge on any atom is -0.369 e. The standard InChI is InChI=1S/C19H17ClF3N7/c1-3-11-6-10(8-30-16-13(26-18(30)24)7-25-17(20)28-16)4-5-12(11)15-27-14(9-29(15)2)19(21,22)23/h4-7,9H,3,8H2,1-2H3,(H2,24,26). The summed E-state index contributed by atoms with van der Waals surface area (Å²) in [5.41, 5.74) is 8.55. The number of nitrogens with two attached hydrogens (primary N) is 1. The monoisotopic (exact) mass is 435 g/mol. The molecule has 0 atom stereocenters. The molecule has 0 bridgehead atoms. The van der Waals surface area contributed by atoms with Crippen LogP contribution in [0, 0.1) is 0 Å². The van der Waals surface area contributed by atoms with Crippen LogP contribution >= 0.6 is 11.6 Å². The number of halogens is 4. The molecule has 156 valence electrons. The van der Waals surface area contributed by atoms with Crippen molar-refractivity contribution in [2.75, 3.05) is 5.73 Å². The van der Waals surface area contributed by atoms with Crippen LogP contribution in [-0.2, 0) is 26.2 Å². The quantitative estimate of drug-likeness (QED) is 0.488. The first kappa shape index (κ1) is 20.1. The highest BCUT2D eigenvalue weighted by Crippen LogP contribution is 2.32. The summed E-state index contributed by atoms with van der Waals surface area (Å²) in [7, 11) is 1.55. The van der Waals surface area contributed by atoms with Crippen molar-refractivity contribution < 1.29 is 13.2 Å². The van der Waals surface area contributed by atoms with Crippen molar-refractivity contribution in [1.82, 2.24) is 29.1 Å². The molecule has 0 unspecified atom stereocenters. The lowest BCUT2D eigenvalue weighted by molar-refractivity contribution is -0.140. The first-order valence-corrected chi connectivity index (χ1v) is 9.42. The van der Waals surface area contributed by atoms with E-state index in [4.69, 9.17) is 17.3 Å². The Bertz CT molecular complexity index is 1240. The highest BCUT2D eigenvalue weighted by Gasteiger charge is 2.34. The molecule has 0 spiro atoms. The predicted molar refractivity (Wildman–Crippen MR) is 107 cm³/mol. The summed E-state index contributed by atoms with van der Waals surface area (Å²) in [6.45, 7) is 2.31. The fourth-order valence-corrected chi connectivity index (χ4v) is 3.49. The summed E-state index contributed by atoms with van der Waals surface area (Å²) in [6, 6.07) is 5.52. The molecule has 4 aromatic rings. The van der Waals surface area contributed by atoms with Gasteiger partial charge in [0.25, 0.3) is 0 Å². The van der Waals surface area contributed by atoms with Crippen LogP contribution in [0.15, 0.2) is 30.6 Å². The number of imidazole rings is 2. The van der Waals surface area contributed by atoms with Crippen LogP contribution in [0.3, 0.4) is 0 Å². The van der Waals surface area contributed by atoms with E-state index in [0.717, 1.165) is 17.3 Å². The second-order valence-electron chi connectivity index (χ2n) is 6.81. The zero-order chi connectivity index (χ0) is 21.6. The van der Waals surface area contributed by atoms with Gasteiger partial charge in [0, 0.05) is 18.8 Å². The van der Waals surface area contributed by atoms with E-state index in [1.54, 1.807) is 17.7 Å². The third kappa shape index (κ3) is 3.58. The first-order chi connectivity index (χ1) is 14.2. The van der Waals surface area contributed by atoms with Gasteiger partial charge in [-0.05, 0) is 29.1 Å². The Balaban J connectivity index is 1.73. The Morgan fingerprint density at radius 3 is 2.60 bits per heavy atom. The Morgan fingerprint density at radius 1 is 1.17 bits per heavy atom. The van der Waals surface area contributed by atoms with Gasteiger partial charge < -0.3 is 10.3 Å². The molecule has 1 aromatic carbocycles. The van der Waals surface area contributed by atoms with Crippen molar-refractivity contribution in [3.63, 3.8) is 0 Å². The SMILES string of the molecule is CCc1cc(Cn2c(N)nc3cnc(Cl)nc32)ccc1-c1nc(C(F)(F)F)cn1C. The van der Waals surface area contributed by atoms with Crippen LogP contribution in [-0.4, -0.2) is 29.1 Å².